The number of benzene rings is 1. The zero-order valence-corrected chi connectivity index (χ0v) is 13.6. The molecule has 0 fully saturated rings. The number of rotatable bonds is 5. The van der Waals surface area contributed by atoms with Gasteiger partial charge in [-0.15, -0.1) is 0 Å². The molecule has 0 heterocycles. The van der Waals surface area contributed by atoms with Crippen molar-refractivity contribution in [1.82, 2.24) is 5.32 Å². The molecule has 0 aromatic heterocycles. The van der Waals surface area contributed by atoms with Crippen LogP contribution in [0.4, 0.5) is 5.69 Å². The van der Waals surface area contributed by atoms with Crippen LogP contribution < -0.4 is 10.6 Å². The minimum absolute atomic E-state index is 0.216. The Kier molecular flexibility index (Phi) is 5.42. The maximum Gasteiger partial charge on any atom is 0.0400 e. The normalized spacial score (nSPS) is 12.0. The molecule has 1 aromatic carbocycles. The van der Waals surface area contributed by atoms with Gasteiger partial charge in [-0.05, 0) is 36.0 Å². The lowest BCUT2D eigenvalue weighted by Crippen LogP contribution is -2.28. The number of aryl methyl sites for hydroxylation is 2. The Hall–Kier alpha value is -1.02. The molecule has 2 nitrogen and oxygen atoms in total. The highest BCUT2D eigenvalue weighted by atomic mass is 15.0. The van der Waals surface area contributed by atoms with Gasteiger partial charge in [-0.1, -0.05) is 46.8 Å². The Morgan fingerprint density at radius 3 is 1.95 bits per heavy atom. The van der Waals surface area contributed by atoms with Crippen LogP contribution in [0.1, 0.15) is 51.3 Å². The lowest BCUT2D eigenvalue weighted by Gasteiger charge is -2.23. The van der Waals surface area contributed by atoms with E-state index in [1.165, 1.54) is 22.4 Å². The molecule has 2 heteroatoms. The standard InChI is InChI=1S/C17H30N2/c1-12(2)18-8-9-19-16-13(3)10-15(11-14(16)4)17(5,6)7/h10-12,18-19H,8-9H2,1-7H3. The quantitative estimate of drug-likeness (QED) is 0.783. The first kappa shape index (κ1) is 16.0. The predicted octanol–water partition coefficient (Wildman–Crippen LogP) is 4.01. The molecule has 2 N–H and O–H groups in total. The predicted molar refractivity (Wildman–Crippen MR) is 86.2 cm³/mol. The van der Waals surface area contributed by atoms with Gasteiger partial charge in [0.05, 0.1) is 0 Å². The zero-order chi connectivity index (χ0) is 14.6. The highest BCUT2D eigenvalue weighted by Gasteiger charge is 2.16. The van der Waals surface area contributed by atoms with Crippen molar-refractivity contribution in [3.05, 3.63) is 28.8 Å². The van der Waals surface area contributed by atoms with Crippen molar-refractivity contribution in [3.8, 4) is 0 Å². The van der Waals surface area contributed by atoms with Crippen LogP contribution in [0.25, 0.3) is 0 Å². The van der Waals surface area contributed by atoms with Crippen molar-refractivity contribution in [2.45, 2.75) is 59.9 Å². The topological polar surface area (TPSA) is 24.1 Å². The van der Waals surface area contributed by atoms with E-state index in [-0.39, 0.29) is 5.41 Å². The molecule has 108 valence electrons. The Bertz CT molecular complexity index is 391. The Balaban J connectivity index is 2.75. The van der Waals surface area contributed by atoms with E-state index < -0.39 is 0 Å². The van der Waals surface area contributed by atoms with Crippen LogP contribution in [0.2, 0.25) is 0 Å². The van der Waals surface area contributed by atoms with Crippen molar-refractivity contribution < 1.29 is 0 Å². The second-order valence-electron chi connectivity index (χ2n) is 6.77. The molecular weight excluding hydrogens is 232 g/mol. The van der Waals surface area contributed by atoms with Gasteiger partial charge >= 0.3 is 0 Å². The molecule has 0 saturated carbocycles. The van der Waals surface area contributed by atoms with Gasteiger partial charge in [-0.2, -0.15) is 0 Å². The molecule has 0 unspecified atom stereocenters. The van der Waals surface area contributed by atoms with E-state index in [1.807, 2.05) is 0 Å². The first-order chi connectivity index (χ1) is 8.71. The summed E-state index contributed by atoms with van der Waals surface area (Å²) in [5.41, 5.74) is 5.60. The van der Waals surface area contributed by atoms with Crippen molar-refractivity contribution in [3.63, 3.8) is 0 Å². The SMILES string of the molecule is Cc1cc(C(C)(C)C)cc(C)c1NCCNC(C)C. The molecule has 0 aliphatic carbocycles. The van der Waals surface area contributed by atoms with Gasteiger partial charge in [0.1, 0.15) is 0 Å². The van der Waals surface area contributed by atoms with Crippen LogP contribution in [0.15, 0.2) is 12.1 Å². The number of anilines is 1. The minimum Gasteiger partial charge on any atom is -0.383 e. The van der Waals surface area contributed by atoms with Gasteiger partial charge in [0, 0.05) is 24.8 Å². The highest BCUT2D eigenvalue weighted by Crippen LogP contribution is 2.29. The molecule has 0 spiro atoms. The van der Waals surface area contributed by atoms with Crippen LogP contribution in [0, 0.1) is 13.8 Å². The Morgan fingerprint density at radius 2 is 1.53 bits per heavy atom. The smallest absolute Gasteiger partial charge is 0.0400 e. The molecule has 0 aliphatic heterocycles. The largest absolute Gasteiger partial charge is 0.383 e. The first-order valence-corrected chi connectivity index (χ1v) is 7.31. The van der Waals surface area contributed by atoms with Crippen LogP contribution in [-0.4, -0.2) is 19.1 Å². The van der Waals surface area contributed by atoms with Crippen LogP contribution in [0.5, 0.6) is 0 Å². The minimum atomic E-state index is 0.216. The summed E-state index contributed by atoms with van der Waals surface area (Å²) < 4.78 is 0. The number of nitrogens with one attached hydrogen (secondary N) is 2. The molecule has 1 aromatic rings. The van der Waals surface area contributed by atoms with Crippen LogP contribution in [-0.2, 0) is 5.41 Å². The van der Waals surface area contributed by atoms with Crippen molar-refractivity contribution >= 4 is 5.69 Å². The van der Waals surface area contributed by atoms with Crippen molar-refractivity contribution in [2.75, 3.05) is 18.4 Å². The van der Waals surface area contributed by atoms with Crippen molar-refractivity contribution in [2.24, 2.45) is 0 Å². The van der Waals surface area contributed by atoms with Gasteiger partial charge in [-0.3, -0.25) is 0 Å². The fourth-order valence-electron chi connectivity index (χ4n) is 2.22. The Labute approximate surface area is 119 Å². The third-order valence-corrected chi connectivity index (χ3v) is 3.38. The summed E-state index contributed by atoms with van der Waals surface area (Å²) in [6, 6.07) is 5.17. The van der Waals surface area contributed by atoms with Crippen LogP contribution >= 0.6 is 0 Å². The van der Waals surface area contributed by atoms with Gasteiger partial charge in [-0.25, -0.2) is 0 Å². The van der Waals surface area contributed by atoms with Gasteiger partial charge in [0.25, 0.3) is 0 Å². The summed E-state index contributed by atoms with van der Waals surface area (Å²) in [5.74, 6) is 0. The lowest BCUT2D eigenvalue weighted by molar-refractivity contribution is 0.589. The third-order valence-electron chi connectivity index (χ3n) is 3.38. The summed E-state index contributed by atoms with van der Waals surface area (Å²) in [4.78, 5) is 0. The maximum atomic E-state index is 3.55. The second-order valence-corrected chi connectivity index (χ2v) is 6.77. The Morgan fingerprint density at radius 1 is 1.00 bits per heavy atom. The zero-order valence-electron chi connectivity index (χ0n) is 13.6. The fourth-order valence-corrected chi connectivity index (χ4v) is 2.22. The summed E-state index contributed by atoms with van der Waals surface area (Å²) in [6.45, 7) is 17.5. The maximum absolute atomic E-state index is 3.55. The fraction of sp³-hybridized carbons (Fsp3) is 0.647. The number of hydrogen-bond acceptors (Lipinski definition) is 2. The van der Waals surface area contributed by atoms with E-state index in [0.717, 1.165) is 13.1 Å². The second kappa shape index (κ2) is 6.42. The average molecular weight is 262 g/mol. The van der Waals surface area contributed by atoms with E-state index >= 15 is 0 Å². The molecule has 0 radical (unpaired) electrons. The van der Waals surface area contributed by atoms with Gasteiger partial charge in [0.2, 0.25) is 0 Å². The molecular formula is C17H30N2. The van der Waals surface area contributed by atoms with E-state index in [9.17, 15) is 0 Å². The van der Waals surface area contributed by atoms with E-state index in [4.69, 9.17) is 0 Å². The molecule has 0 atom stereocenters. The summed E-state index contributed by atoms with van der Waals surface area (Å²) in [6.07, 6.45) is 0. The molecule has 0 amide bonds. The molecule has 0 saturated heterocycles. The number of hydrogen-bond donors (Lipinski definition) is 2. The first-order valence-electron chi connectivity index (χ1n) is 7.31. The van der Waals surface area contributed by atoms with Crippen molar-refractivity contribution in [1.29, 1.82) is 0 Å². The third kappa shape index (κ3) is 4.87. The van der Waals surface area contributed by atoms with E-state index in [2.05, 4.69) is 71.2 Å². The van der Waals surface area contributed by atoms with Gasteiger partial charge in [0.15, 0.2) is 0 Å². The molecule has 19 heavy (non-hydrogen) atoms. The van der Waals surface area contributed by atoms with E-state index in [1.54, 1.807) is 0 Å². The summed E-state index contributed by atoms with van der Waals surface area (Å²) in [5, 5.41) is 6.98. The molecule has 0 aliphatic rings. The van der Waals surface area contributed by atoms with Gasteiger partial charge < -0.3 is 10.6 Å². The monoisotopic (exact) mass is 262 g/mol. The average Bonchev–Trinajstić information content (AvgIpc) is 2.25. The summed E-state index contributed by atoms with van der Waals surface area (Å²) >= 11 is 0. The van der Waals surface area contributed by atoms with E-state index in [0.29, 0.717) is 6.04 Å². The highest BCUT2D eigenvalue weighted by molar-refractivity contribution is 5.59. The van der Waals surface area contributed by atoms with Crippen LogP contribution in [0.3, 0.4) is 0 Å². The molecule has 0 bridgehead atoms. The molecule has 1 rings (SSSR count). The lowest BCUT2D eigenvalue weighted by atomic mass is 9.85. The summed E-state index contributed by atoms with van der Waals surface area (Å²) in [7, 11) is 0.